The van der Waals surface area contributed by atoms with Crippen LogP contribution in [-0.4, -0.2) is 23.8 Å². The quantitative estimate of drug-likeness (QED) is 0.670. The number of amides is 1. The maximum absolute atomic E-state index is 10.8. The molecule has 0 fully saturated rings. The number of rotatable bonds is 7. The van der Waals surface area contributed by atoms with Gasteiger partial charge >= 0.3 is 6.09 Å². The number of benzene rings is 1. The summed E-state index contributed by atoms with van der Waals surface area (Å²) >= 11 is 0. The molecule has 0 saturated heterocycles. The van der Waals surface area contributed by atoms with Crippen molar-refractivity contribution in [2.24, 2.45) is 11.7 Å². The van der Waals surface area contributed by atoms with Gasteiger partial charge in [0.05, 0.1) is 5.69 Å². The molecule has 0 heterocycles. The maximum Gasteiger partial charge on any atom is 0.404 e. The van der Waals surface area contributed by atoms with E-state index >= 15 is 0 Å². The number of carbonyl (C=O) groups excluding carboxylic acids is 1. The van der Waals surface area contributed by atoms with Gasteiger partial charge in [-0.3, -0.25) is 0 Å². The van der Waals surface area contributed by atoms with Crippen molar-refractivity contribution < 1.29 is 14.6 Å². The van der Waals surface area contributed by atoms with E-state index < -0.39 is 6.09 Å². The number of hydrogen-bond donors (Lipinski definition) is 3. The zero-order valence-corrected chi connectivity index (χ0v) is 12.3. The molecule has 20 heavy (non-hydrogen) atoms. The fraction of sp³-hybridized carbons (Fsp3) is 0.533. The molecule has 0 spiro atoms. The third kappa shape index (κ3) is 5.38. The lowest BCUT2D eigenvalue weighted by atomic mass is 10.0. The molecule has 0 aliphatic heterocycles. The van der Waals surface area contributed by atoms with Crippen molar-refractivity contribution in [3.63, 3.8) is 0 Å². The number of ether oxygens (including phenoxy) is 1. The molecule has 0 aromatic heterocycles. The normalized spacial score (nSPS) is 12.2. The van der Waals surface area contributed by atoms with Crippen LogP contribution in [0.1, 0.15) is 32.8 Å². The minimum Gasteiger partial charge on any atom is -0.506 e. The van der Waals surface area contributed by atoms with Crippen molar-refractivity contribution in [2.45, 2.75) is 39.7 Å². The smallest absolute Gasteiger partial charge is 0.404 e. The topological polar surface area (TPSA) is 84.6 Å². The van der Waals surface area contributed by atoms with E-state index in [4.69, 9.17) is 10.5 Å². The molecule has 0 aliphatic carbocycles. The van der Waals surface area contributed by atoms with Gasteiger partial charge in [-0.25, -0.2) is 4.79 Å². The van der Waals surface area contributed by atoms with Crippen LogP contribution < -0.4 is 11.1 Å². The highest BCUT2D eigenvalue weighted by Crippen LogP contribution is 2.25. The molecule has 1 unspecified atom stereocenters. The second-order valence-electron chi connectivity index (χ2n) is 5.30. The Morgan fingerprint density at radius 3 is 2.65 bits per heavy atom. The van der Waals surface area contributed by atoms with Crippen LogP contribution in [0.25, 0.3) is 0 Å². The van der Waals surface area contributed by atoms with Gasteiger partial charge in [-0.15, -0.1) is 0 Å². The molecule has 1 aromatic rings. The van der Waals surface area contributed by atoms with E-state index in [9.17, 15) is 9.90 Å². The van der Waals surface area contributed by atoms with Gasteiger partial charge in [0.1, 0.15) is 11.9 Å². The van der Waals surface area contributed by atoms with Crippen LogP contribution in [0.2, 0.25) is 0 Å². The van der Waals surface area contributed by atoms with E-state index in [0.717, 1.165) is 12.1 Å². The summed E-state index contributed by atoms with van der Waals surface area (Å²) in [5.74, 6) is 0.708. The van der Waals surface area contributed by atoms with Crippen LogP contribution >= 0.6 is 0 Å². The number of phenolic OH excluding ortho intramolecular Hbond substituents is 1. The van der Waals surface area contributed by atoms with Crippen LogP contribution in [0, 0.1) is 5.92 Å². The van der Waals surface area contributed by atoms with Crippen LogP contribution in [-0.2, 0) is 11.2 Å². The number of nitrogens with two attached hydrogens (primary N) is 1. The summed E-state index contributed by atoms with van der Waals surface area (Å²) in [7, 11) is 0. The lowest BCUT2D eigenvalue weighted by Gasteiger charge is -2.16. The molecular formula is C15H24N2O3. The first-order valence-electron chi connectivity index (χ1n) is 6.94. The maximum atomic E-state index is 10.8. The number of aromatic hydroxyl groups is 1. The lowest BCUT2D eigenvalue weighted by molar-refractivity contribution is 0.104. The van der Waals surface area contributed by atoms with E-state index in [1.54, 1.807) is 6.07 Å². The standard InChI is InChI=1S/C15H24N2O3/c1-4-12(20-15(16)19)7-11-5-6-13(14(18)8-11)17-9-10(2)3/h5-6,8,10,12,17-18H,4,7,9H2,1-3H3,(H2,16,19). The Balaban J connectivity index is 2.68. The second kappa shape index (κ2) is 7.62. The van der Waals surface area contributed by atoms with E-state index in [2.05, 4.69) is 19.2 Å². The van der Waals surface area contributed by atoms with Gasteiger partial charge < -0.3 is 20.9 Å². The van der Waals surface area contributed by atoms with Gasteiger partial charge in [0, 0.05) is 13.0 Å². The predicted molar refractivity (Wildman–Crippen MR) is 79.9 cm³/mol. The first kappa shape index (κ1) is 16.1. The van der Waals surface area contributed by atoms with Crippen molar-refractivity contribution in [1.29, 1.82) is 0 Å². The Labute approximate surface area is 120 Å². The first-order chi connectivity index (χ1) is 9.42. The Hall–Kier alpha value is -1.91. The van der Waals surface area contributed by atoms with Gasteiger partial charge in [0.25, 0.3) is 0 Å². The van der Waals surface area contributed by atoms with E-state index in [0.29, 0.717) is 24.4 Å². The fourth-order valence-corrected chi connectivity index (χ4v) is 1.86. The van der Waals surface area contributed by atoms with Crippen molar-refractivity contribution in [2.75, 3.05) is 11.9 Å². The summed E-state index contributed by atoms with van der Waals surface area (Å²) < 4.78 is 4.99. The van der Waals surface area contributed by atoms with Gasteiger partial charge in [-0.2, -0.15) is 0 Å². The lowest BCUT2D eigenvalue weighted by Crippen LogP contribution is -2.24. The first-order valence-corrected chi connectivity index (χ1v) is 6.94. The molecule has 0 aliphatic rings. The zero-order valence-electron chi connectivity index (χ0n) is 12.3. The van der Waals surface area contributed by atoms with Gasteiger partial charge in [-0.1, -0.05) is 26.8 Å². The highest BCUT2D eigenvalue weighted by Gasteiger charge is 2.12. The third-order valence-corrected chi connectivity index (χ3v) is 2.96. The zero-order chi connectivity index (χ0) is 15.1. The summed E-state index contributed by atoms with van der Waals surface area (Å²) in [5.41, 5.74) is 6.65. The molecule has 112 valence electrons. The van der Waals surface area contributed by atoms with Gasteiger partial charge in [0.2, 0.25) is 0 Å². The number of nitrogens with one attached hydrogen (secondary N) is 1. The van der Waals surface area contributed by atoms with Crippen LogP contribution in [0.5, 0.6) is 5.75 Å². The molecule has 5 nitrogen and oxygen atoms in total. The number of primary amides is 1. The van der Waals surface area contributed by atoms with E-state index in [1.165, 1.54) is 0 Å². The molecule has 5 heteroatoms. The molecule has 0 bridgehead atoms. The monoisotopic (exact) mass is 280 g/mol. The van der Waals surface area contributed by atoms with Crippen molar-refractivity contribution in [1.82, 2.24) is 0 Å². The Morgan fingerprint density at radius 2 is 2.15 bits per heavy atom. The minimum atomic E-state index is -0.767. The predicted octanol–water partition coefficient (Wildman–Crippen LogP) is 2.88. The number of anilines is 1. The third-order valence-electron chi connectivity index (χ3n) is 2.96. The Bertz CT molecular complexity index is 447. The molecule has 1 rings (SSSR count). The Kier molecular flexibility index (Phi) is 6.15. The summed E-state index contributed by atoms with van der Waals surface area (Å²) in [6.45, 7) is 6.93. The largest absolute Gasteiger partial charge is 0.506 e. The average Bonchev–Trinajstić information content (AvgIpc) is 2.36. The average molecular weight is 280 g/mol. The van der Waals surface area contributed by atoms with E-state index in [1.807, 2.05) is 19.1 Å². The molecule has 4 N–H and O–H groups in total. The van der Waals surface area contributed by atoms with Crippen LogP contribution in [0.15, 0.2) is 18.2 Å². The molecular weight excluding hydrogens is 256 g/mol. The highest BCUT2D eigenvalue weighted by molar-refractivity contribution is 5.64. The van der Waals surface area contributed by atoms with Crippen molar-refractivity contribution in [3.05, 3.63) is 23.8 Å². The number of hydrogen-bond acceptors (Lipinski definition) is 4. The molecule has 0 saturated carbocycles. The van der Waals surface area contributed by atoms with Crippen LogP contribution in [0.3, 0.4) is 0 Å². The summed E-state index contributed by atoms with van der Waals surface area (Å²) in [4.78, 5) is 10.8. The van der Waals surface area contributed by atoms with Crippen molar-refractivity contribution >= 4 is 11.8 Å². The number of carbonyl (C=O) groups is 1. The summed E-state index contributed by atoms with van der Waals surface area (Å²) in [6.07, 6.45) is 0.187. The fourth-order valence-electron chi connectivity index (χ4n) is 1.86. The molecule has 1 atom stereocenters. The molecule has 1 aromatic carbocycles. The van der Waals surface area contributed by atoms with Crippen molar-refractivity contribution in [3.8, 4) is 5.75 Å². The van der Waals surface area contributed by atoms with Gasteiger partial charge in [-0.05, 0) is 30.0 Å². The van der Waals surface area contributed by atoms with E-state index in [-0.39, 0.29) is 11.9 Å². The van der Waals surface area contributed by atoms with Gasteiger partial charge in [0.15, 0.2) is 0 Å². The summed E-state index contributed by atoms with van der Waals surface area (Å²) in [5, 5.41) is 13.2. The summed E-state index contributed by atoms with van der Waals surface area (Å²) in [6, 6.07) is 5.44. The Morgan fingerprint density at radius 1 is 1.45 bits per heavy atom. The SMILES string of the molecule is CCC(Cc1ccc(NCC(C)C)c(O)c1)OC(N)=O. The highest BCUT2D eigenvalue weighted by atomic mass is 16.6. The number of phenols is 1. The minimum absolute atomic E-state index is 0.206. The van der Waals surface area contributed by atoms with Crippen LogP contribution in [0.4, 0.5) is 10.5 Å². The molecule has 1 amide bonds. The second-order valence-corrected chi connectivity index (χ2v) is 5.30. The molecule has 0 radical (unpaired) electrons.